The molecule has 0 bridgehead atoms. The van der Waals surface area contributed by atoms with Crippen LogP contribution in [0.4, 0.5) is 9.18 Å². The van der Waals surface area contributed by atoms with E-state index in [1.54, 1.807) is 24.5 Å². The largest absolute Gasteiger partial charge is 0.462 e. The summed E-state index contributed by atoms with van der Waals surface area (Å²) in [6.45, 7) is 3.23. The lowest BCUT2D eigenvalue weighted by Crippen LogP contribution is -2.47. The topological polar surface area (TPSA) is 111 Å². The monoisotopic (exact) mass is 527 g/mol. The number of hydrogen-bond donors (Lipinski definition) is 3. The smallest absolute Gasteiger partial charge is 0.327 e. The third-order valence-electron chi connectivity index (χ3n) is 5.93. The van der Waals surface area contributed by atoms with Crippen molar-refractivity contribution in [3.8, 4) is 22.5 Å². The van der Waals surface area contributed by atoms with E-state index in [2.05, 4.69) is 28.1 Å². The zero-order valence-corrected chi connectivity index (χ0v) is 20.9. The molecule has 0 spiro atoms. The number of pyridine rings is 1. The van der Waals surface area contributed by atoms with Crippen LogP contribution < -0.4 is 5.32 Å². The fourth-order valence-electron chi connectivity index (χ4n) is 3.90. The number of urea groups is 1. The number of nitrogens with one attached hydrogen (secondary N) is 2. The summed E-state index contributed by atoms with van der Waals surface area (Å²) in [6, 6.07) is 9.49. The Hall–Kier alpha value is -3.61. The van der Waals surface area contributed by atoms with Crippen LogP contribution in [0.25, 0.3) is 22.5 Å². The first-order valence-electron chi connectivity index (χ1n) is 11.6. The van der Waals surface area contributed by atoms with Crippen molar-refractivity contribution in [3.05, 3.63) is 72.5 Å². The second kappa shape index (κ2) is 10.8. The molecule has 37 heavy (non-hydrogen) atoms. The van der Waals surface area contributed by atoms with Crippen molar-refractivity contribution in [2.45, 2.75) is 13.2 Å². The summed E-state index contributed by atoms with van der Waals surface area (Å²) < 4.78 is 37.0. The third-order valence-corrected chi connectivity index (χ3v) is 6.26. The van der Waals surface area contributed by atoms with Gasteiger partial charge in [-0.3, -0.25) is 9.29 Å². The highest BCUT2D eigenvalue weighted by atomic mass is 32.1. The molecule has 0 atom stereocenters. The van der Waals surface area contributed by atoms with Crippen LogP contribution in [-0.4, -0.2) is 58.4 Å². The Morgan fingerprint density at radius 3 is 2.59 bits per heavy atom. The lowest BCUT2D eigenvalue weighted by Gasteiger charge is -2.36. The van der Waals surface area contributed by atoms with E-state index in [1.807, 2.05) is 19.1 Å². The number of benzene rings is 1. The molecule has 5 rings (SSSR count). The van der Waals surface area contributed by atoms with Crippen LogP contribution in [0.15, 0.2) is 60.8 Å². The van der Waals surface area contributed by atoms with E-state index in [-0.39, 0.29) is 25.2 Å². The highest BCUT2D eigenvalue weighted by molar-refractivity contribution is 7.78. The lowest BCUT2D eigenvalue weighted by molar-refractivity contribution is -0.231. The zero-order chi connectivity index (χ0) is 25.8. The molecule has 4 heterocycles. The SMILES string of the molecule is CC1(CNC(=O)N(S)CC2=COCO2)COC(c2nc(-c3ccc(F)cc3)c(-c3ccncc3)[nH]2)OC1. The molecule has 0 radical (unpaired) electrons. The van der Waals surface area contributed by atoms with Crippen molar-refractivity contribution in [1.82, 2.24) is 24.6 Å². The number of aromatic nitrogens is 3. The second-order valence-electron chi connectivity index (χ2n) is 9.08. The van der Waals surface area contributed by atoms with Crippen LogP contribution in [0.5, 0.6) is 0 Å². The molecule has 0 aliphatic carbocycles. The summed E-state index contributed by atoms with van der Waals surface area (Å²) in [4.78, 5) is 24.6. The highest BCUT2D eigenvalue weighted by Crippen LogP contribution is 2.35. The van der Waals surface area contributed by atoms with Gasteiger partial charge in [-0.05, 0) is 36.4 Å². The van der Waals surface area contributed by atoms with Gasteiger partial charge in [0.25, 0.3) is 0 Å². The van der Waals surface area contributed by atoms with Crippen LogP contribution in [0.1, 0.15) is 19.0 Å². The first-order chi connectivity index (χ1) is 17.9. The maximum atomic E-state index is 13.5. The maximum Gasteiger partial charge on any atom is 0.327 e. The summed E-state index contributed by atoms with van der Waals surface area (Å²) >= 11 is 4.21. The average molecular weight is 528 g/mol. The molecule has 1 saturated heterocycles. The van der Waals surface area contributed by atoms with Gasteiger partial charge in [0.05, 0.1) is 31.1 Å². The van der Waals surface area contributed by atoms with Gasteiger partial charge < -0.3 is 29.2 Å². The minimum Gasteiger partial charge on any atom is -0.462 e. The minimum absolute atomic E-state index is 0.137. The molecule has 0 unspecified atom stereocenters. The number of aromatic amines is 1. The van der Waals surface area contributed by atoms with Gasteiger partial charge in [0.15, 0.2) is 11.6 Å². The third kappa shape index (κ3) is 5.87. The van der Waals surface area contributed by atoms with Crippen molar-refractivity contribution in [1.29, 1.82) is 0 Å². The Labute approximate surface area is 218 Å². The molecule has 3 aromatic rings. The number of H-pyrrole nitrogens is 1. The summed E-state index contributed by atoms with van der Waals surface area (Å²) in [5.74, 6) is 0.688. The van der Waals surface area contributed by atoms with Gasteiger partial charge in [0, 0.05) is 35.5 Å². The Kier molecular flexibility index (Phi) is 7.31. The molecule has 10 nitrogen and oxygen atoms in total. The number of halogens is 1. The van der Waals surface area contributed by atoms with Crippen molar-refractivity contribution < 1.29 is 28.1 Å². The Bertz CT molecular complexity index is 1260. The number of rotatable bonds is 7. The predicted octanol–water partition coefficient (Wildman–Crippen LogP) is 4.03. The number of thiol groups is 1. The fraction of sp³-hybridized carbons (Fsp3) is 0.320. The number of ether oxygens (including phenoxy) is 4. The van der Waals surface area contributed by atoms with Crippen molar-refractivity contribution in [2.24, 2.45) is 5.41 Å². The normalized spacial score (nSPS) is 21.1. The van der Waals surface area contributed by atoms with Crippen LogP contribution in [0.3, 0.4) is 0 Å². The van der Waals surface area contributed by atoms with Crippen LogP contribution in [-0.2, 0) is 18.9 Å². The second-order valence-corrected chi connectivity index (χ2v) is 9.57. The molecule has 2 amide bonds. The molecular weight excluding hydrogens is 501 g/mol. The number of imidazole rings is 1. The minimum atomic E-state index is -0.730. The summed E-state index contributed by atoms with van der Waals surface area (Å²) in [7, 11) is 0. The van der Waals surface area contributed by atoms with Crippen molar-refractivity contribution in [3.63, 3.8) is 0 Å². The number of carbonyl (C=O) groups excluding carboxylic acids is 1. The van der Waals surface area contributed by atoms with E-state index in [4.69, 9.17) is 23.9 Å². The van der Waals surface area contributed by atoms with Crippen LogP contribution in [0.2, 0.25) is 0 Å². The summed E-state index contributed by atoms with van der Waals surface area (Å²) in [5, 5.41) is 2.85. The molecule has 2 aromatic heterocycles. The molecule has 2 N–H and O–H groups in total. The summed E-state index contributed by atoms with van der Waals surface area (Å²) in [5.41, 5.74) is 2.55. The fourth-order valence-corrected chi connectivity index (χ4v) is 4.11. The van der Waals surface area contributed by atoms with E-state index in [0.717, 1.165) is 16.8 Å². The first-order valence-corrected chi connectivity index (χ1v) is 12.0. The number of hydrogen-bond acceptors (Lipinski definition) is 8. The van der Waals surface area contributed by atoms with E-state index < -0.39 is 11.7 Å². The van der Waals surface area contributed by atoms with Crippen molar-refractivity contribution in [2.75, 3.05) is 33.1 Å². The molecule has 1 fully saturated rings. The predicted molar refractivity (Wildman–Crippen MR) is 134 cm³/mol. The van der Waals surface area contributed by atoms with Gasteiger partial charge >= 0.3 is 6.03 Å². The maximum absolute atomic E-state index is 13.5. The van der Waals surface area contributed by atoms with E-state index in [9.17, 15) is 9.18 Å². The zero-order valence-electron chi connectivity index (χ0n) is 20.0. The number of amides is 2. The van der Waals surface area contributed by atoms with E-state index in [1.165, 1.54) is 22.7 Å². The van der Waals surface area contributed by atoms with E-state index in [0.29, 0.717) is 37.0 Å². The highest BCUT2D eigenvalue weighted by Gasteiger charge is 2.36. The van der Waals surface area contributed by atoms with E-state index >= 15 is 0 Å². The van der Waals surface area contributed by atoms with Gasteiger partial charge in [-0.2, -0.15) is 0 Å². The van der Waals surface area contributed by atoms with Gasteiger partial charge in [-0.15, -0.1) is 0 Å². The molecule has 0 saturated carbocycles. The van der Waals surface area contributed by atoms with Gasteiger partial charge in [-0.25, -0.2) is 14.2 Å². The van der Waals surface area contributed by atoms with Crippen LogP contribution >= 0.6 is 12.8 Å². The molecule has 2 aliphatic heterocycles. The van der Waals surface area contributed by atoms with Crippen LogP contribution in [0, 0.1) is 11.2 Å². The summed E-state index contributed by atoms with van der Waals surface area (Å²) in [6.07, 6.45) is 4.10. The Morgan fingerprint density at radius 2 is 1.92 bits per heavy atom. The first kappa shape index (κ1) is 25.1. The number of carbonyl (C=O) groups is 1. The quantitative estimate of drug-likeness (QED) is 0.398. The number of nitrogens with zero attached hydrogens (tertiary/aromatic N) is 3. The Morgan fingerprint density at radius 1 is 1.19 bits per heavy atom. The molecule has 12 heteroatoms. The standard InChI is InChI=1S/C25H26FN5O5S/c1-25(12-28-24(32)31(37)10-19-11-33-15-36-19)13-34-23(35-14-25)22-29-20(16-2-4-18(26)5-3-16)21(30-22)17-6-8-27-9-7-17/h2-9,11,23,37H,10,12-15H2,1H3,(H,28,32)(H,29,30). The molecule has 194 valence electrons. The van der Waals surface area contributed by atoms with Gasteiger partial charge in [0.1, 0.15) is 12.1 Å². The molecule has 2 aliphatic rings. The van der Waals surface area contributed by atoms with Gasteiger partial charge in [0.2, 0.25) is 13.1 Å². The van der Waals surface area contributed by atoms with Crippen molar-refractivity contribution >= 4 is 18.8 Å². The average Bonchev–Trinajstić information content (AvgIpc) is 3.59. The van der Waals surface area contributed by atoms with Gasteiger partial charge in [-0.1, -0.05) is 19.7 Å². The lowest BCUT2D eigenvalue weighted by atomic mass is 9.92. The Balaban J connectivity index is 1.24. The molecule has 1 aromatic carbocycles. The molecular formula is C25H26FN5O5S.